The number of barbiturate groups is 1. The number of hydrogen-bond donors (Lipinski definition) is 0. The Labute approximate surface area is 246 Å². The lowest BCUT2D eigenvalue weighted by atomic mass is 10.0. The maximum absolute atomic E-state index is 14.0. The predicted molar refractivity (Wildman–Crippen MR) is 164 cm³/mol. The van der Waals surface area contributed by atoms with E-state index < -0.39 is 17.8 Å². The van der Waals surface area contributed by atoms with Gasteiger partial charge in [0.05, 0.1) is 22.5 Å². The molecule has 41 heavy (non-hydrogen) atoms. The molecule has 0 saturated carbocycles. The van der Waals surface area contributed by atoms with Gasteiger partial charge in [-0.25, -0.2) is 14.6 Å². The molecule has 0 atom stereocenters. The van der Waals surface area contributed by atoms with E-state index in [0.29, 0.717) is 44.9 Å². The number of ether oxygens (including phenoxy) is 2. The van der Waals surface area contributed by atoms with Crippen molar-refractivity contribution in [2.75, 3.05) is 23.0 Å². The first kappa shape index (κ1) is 27.9. The molecule has 7 nitrogen and oxygen atoms in total. The van der Waals surface area contributed by atoms with Crippen molar-refractivity contribution in [2.45, 2.75) is 13.8 Å². The maximum atomic E-state index is 14.0. The number of amides is 4. The van der Waals surface area contributed by atoms with Crippen LogP contribution in [0.25, 0.3) is 16.8 Å². The summed E-state index contributed by atoms with van der Waals surface area (Å²) in [6.45, 7) is 8.08. The molecule has 5 rings (SSSR count). The van der Waals surface area contributed by atoms with Gasteiger partial charge in [0.15, 0.2) is 11.5 Å². The van der Waals surface area contributed by atoms with Gasteiger partial charge in [0.2, 0.25) is 0 Å². The molecule has 0 N–H and O–H groups in total. The van der Waals surface area contributed by atoms with Crippen molar-refractivity contribution in [3.05, 3.63) is 113 Å². The molecule has 1 saturated heterocycles. The standard InChI is InChI=1S/C33H27BrN2O5/c1-4-17-41-30-27(34)19-22(20-29(30)40-5-2)18-26-31(37)35(24-15-13-21(3)14-16-24)33(39)36(32(26)38)28-12-8-10-23-9-6-7-11-25(23)28/h4,6-16,18-20H,1,5,17H2,2-3H3/b26-18+. The first-order valence-corrected chi connectivity index (χ1v) is 13.8. The smallest absolute Gasteiger partial charge is 0.343 e. The molecule has 1 aliphatic heterocycles. The number of anilines is 2. The molecular formula is C33H27BrN2O5. The number of rotatable bonds is 8. The minimum Gasteiger partial charge on any atom is -0.490 e. The fourth-order valence-electron chi connectivity index (χ4n) is 4.65. The van der Waals surface area contributed by atoms with Crippen molar-refractivity contribution < 1.29 is 23.9 Å². The number of fused-ring (bicyclic) bond motifs is 1. The van der Waals surface area contributed by atoms with Crippen molar-refractivity contribution in [1.82, 2.24) is 0 Å². The summed E-state index contributed by atoms with van der Waals surface area (Å²) in [7, 11) is 0. The van der Waals surface area contributed by atoms with Crippen LogP contribution in [-0.2, 0) is 9.59 Å². The van der Waals surface area contributed by atoms with Gasteiger partial charge < -0.3 is 9.47 Å². The van der Waals surface area contributed by atoms with Gasteiger partial charge in [-0.15, -0.1) is 0 Å². The number of aryl methyl sites for hydroxylation is 1. The minimum atomic E-state index is -0.748. The molecule has 8 heteroatoms. The van der Waals surface area contributed by atoms with Crippen LogP contribution in [0.5, 0.6) is 11.5 Å². The van der Waals surface area contributed by atoms with Crippen LogP contribution in [0.4, 0.5) is 16.2 Å². The summed E-state index contributed by atoms with van der Waals surface area (Å²) < 4.78 is 12.1. The highest BCUT2D eigenvalue weighted by Gasteiger charge is 2.44. The van der Waals surface area contributed by atoms with Crippen LogP contribution in [0.1, 0.15) is 18.1 Å². The summed E-state index contributed by atoms with van der Waals surface area (Å²) in [4.78, 5) is 44.0. The summed E-state index contributed by atoms with van der Waals surface area (Å²) in [6.07, 6.45) is 3.09. The Kier molecular flexibility index (Phi) is 8.03. The fourth-order valence-corrected chi connectivity index (χ4v) is 5.22. The highest BCUT2D eigenvalue weighted by Crippen LogP contribution is 2.39. The topological polar surface area (TPSA) is 76.2 Å². The van der Waals surface area contributed by atoms with Gasteiger partial charge >= 0.3 is 6.03 Å². The van der Waals surface area contributed by atoms with Gasteiger partial charge in [0.1, 0.15) is 12.2 Å². The second kappa shape index (κ2) is 11.8. The SMILES string of the molecule is C=CCOc1c(Br)cc(/C=C2\C(=O)N(c3ccc(C)cc3)C(=O)N(c3cccc4ccccc34)C2=O)cc1OCC. The fraction of sp³-hybridized carbons (Fsp3) is 0.121. The largest absolute Gasteiger partial charge is 0.490 e. The lowest BCUT2D eigenvalue weighted by molar-refractivity contribution is -0.121. The van der Waals surface area contributed by atoms with E-state index in [9.17, 15) is 14.4 Å². The molecule has 1 heterocycles. The van der Waals surface area contributed by atoms with Gasteiger partial charge in [0.25, 0.3) is 11.8 Å². The molecule has 0 aromatic heterocycles. The Bertz CT molecular complexity index is 1710. The third-order valence-electron chi connectivity index (χ3n) is 6.54. The first-order valence-electron chi connectivity index (χ1n) is 13.0. The molecule has 0 bridgehead atoms. The van der Waals surface area contributed by atoms with Crippen LogP contribution < -0.4 is 19.3 Å². The molecule has 0 radical (unpaired) electrons. The van der Waals surface area contributed by atoms with Crippen LogP contribution in [0.3, 0.4) is 0 Å². The monoisotopic (exact) mass is 610 g/mol. The minimum absolute atomic E-state index is 0.174. The highest BCUT2D eigenvalue weighted by molar-refractivity contribution is 9.10. The second-order valence-electron chi connectivity index (χ2n) is 9.32. The van der Waals surface area contributed by atoms with E-state index in [1.54, 1.807) is 42.5 Å². The zero-order valence-electron chi connectivity index (χ0n) is 22.6. The Balaban J connectivity index is 1.69. The molecular weight excluding hydrogens is 584 g/mol. The first-order chi connectivity index (χ1) is 19.8. The third kappa shape index (κ3) is 5.38. The van der Waals surface area contributed by atoms with Gasteiger partial charge in [0, 0.05) is 5.39 Å². The molecule has 4 aromatic rings. The number of urea groups is 1. The van der Waals surface area contributed by atoms with Gasteiger partial charge in [-0.2, -0.15) is 0 Å². The van der Waals surface area contributed by atoms with E-state index >= 15 is 0 Å². The summed E-state index contributed by atoms with van der Waals surface area (Å²) in [5, 5.41) is 1.56. The molecule has 4 amide bonds. The number of benzene rings is 4. The van der Waals surface area contributed by atoms with Crippen molar-refractivity contribution in [3.8, 4) is 11.5 Å². The average Bonchev–Trinajstić information content (AvgIpc) is 2.96. The molecule has 1 aliphatic rings. The van der Waals surface area contributed by atoms with Gasteiger partial charge in [-0.05, 0) is 77.1 Å². The van der Waals surface area contributed by atoms with Crippen LogP contribution in [-0.4, -0.2) is 31.1 Å². The van der Waals surface area contributed by atoms with Crippen LogP contribution >= 0.6 is 15.9 Å². The zero-order chi connectivity index (χ0) is 29.1. The van der Waals surface area contributed by atoms with E-state index in [4.69, 9.17) is 9.47 Å². The average molecular weight is 611 g/mol. The van der Waals surface area contributed by atoms with E-state index in [0.717, 1.165) is 20.7 Å². The van der Waals surface area contributed by atoms with Crippen molar-refractivity contribution in [2.24, 2.45) is 0 Å². The van der Waals surface area contributed by atoms with Crippen LogP contribution in [0.2, 0.25) is 0 Å². The van der Waals surface area contributed by atoms with Crippen LogP contribution in [0.15, 0.2) is 102 Å². The zero-order valence-corrected chi connectivity index (χ0v) is 24.2. The molecule has 0 aliphatic carbocycles. The summed E-state index contributed by atoms with van der Waals surface area (Å²) in [5.41, 5.74) is 2.05. The number of carbonyl (C=O) groups is 3. The molecule has 0 spiro atoms. The quantitative estimate of drug-likeness (QED) is 0.118. The van der Waals surface area contributed by atoms with Crippen LogP contribution in [0, 0.1) is 6.92 Å². The third-order valence-corrected chi connectivity index (χ3v) is 7.13. The van der Waals surface area contributed by atoms with E-state index in [-0.39, 0.29) is 12.2 Å². The summed E-state index contributed by atoms with van der Waals surface area (Å²) in [6, 6.07) is 22.5. The number of halogens is 1. The highest BCUT2D eigenvalue weighted by atomic mass is 79.9. The Hall–Kier alpha value is -4.69. The normalized spacial score (nSPS) is 14.6. The molecule has 206 valence electrons. The predicted octanol–water partition coefficient (Wildman–Crippen LogP) is 7.46. The maximum Gasteiger partial charge on any atom is 0.343 e. The number of nitrogens with zero attached hydrogens (tertiary/aromatic N) is 2. The van der Waals surface area contributed by atoms with Gasteiger partial charge in [-0.1, -0.05) is 66.7 Å². The number of hydrogen-bond acceptors (Lipinski definition) is 5. The summed E-state index contributed by atoms with van der Waals surface area (Å²) >= 11 is 3.52. The van der Waals surface area contributed by atoms with E-state index in [2.05, 4.69) is 22.5 Å². The molecule has 1 fully saturated rings. The lowest BCUT2D eigenvalue weighted by Gasteiger charge is -2.34. The van der Waals surface area contributed by atoms with Crippen molar-refractivity contribution >= 4 is 62.0 Å². The van der Waals surface area contributed by atoms with Crippen molar-refractivity contribution in [3.63, 3.8) is 0 Å². The Morgan fingerprint density at radius 2 is 1.59 bits per heavy atom. The van der Waals surface area contributed by atoms with E-state index in [1.165, 1.54) is 6.08 Å². The molecule has 0 unspecified atom stereocenters. The van der Waals surface area contributed by atoms with Gasteiger partial charge in [-0.3, -0.25) is 9.59 Å². The second-order valence-corrected chi connectivity index (χ2v) is 10.2. The van der Waals surface area contributed by atoms with Crippen molar-refractivity contribution in [1.29, 1.82) is 0 Å². The lowest BCUT2D eigenvalue weighted by Crippen LogP contribution is -2.57. The Morgan fingerprint density at radius 1 is 0.878 bits per heavy atom. The Morgan fingerprint density at radius 3 is 2.32 bits per heavy atom. The summed E-state index contributed by atoms with van der Waals surface area (Å²) in [5.74, 6) is -0.533. The number of imide groups is 2. The van der Waals surface area contributed by atoms with E-state index in [1.807, 2.05) is 56.3 Å². The molecule has 4 aromatic carbocycles. The number of carbonyl (C=O) groups excluding carboxylic acids is 3.